The SMILES string of the molecule is Cc1ccc(C)c(NC(=O)COc2ccc(Cl)cc2/C=C2/C(=O)NC(=O)N(c3ccc(O)cc3)C2=O)c1. The van der Waals surface area contributed by atoms with Crippen molar-refractivity contribution >= 4 is 52.8 Å². The fourth-order valence-corrected chi connectivity index (χ4v) is 3.79. The third kappa shape index (κ3) is 5.79. The molecule has 9 nitrogen and oxygen atoms in total. The van der Waals surface area contributed by atoms with Crippen molar-refractivity contribution in [2.24, 2.45) is 0 Å². The van der Waals surface area contributed by atoms with Gasteiger partial charge in [0, 0.05) is 16.3 Å². The van der Waals surface area contributed by atoms with Gasteiger partial charge in [0.15, 0.2) is 6.61 Å². The molecule has 10 heteroatoms. The second-order valence-electron chi connectivity index (χ2n) is 8.31. The van der Waals surface area contributed by atoms with Gasteiger partial charge in [-0.1, -0.05) is 23.7 Å². The van der Waals surface area contributed by atoms with Gasteiger partial charge in [-0.2, -0.15) is 0 Å². The Morgan fingerprint density at radius 2 is 1.78 bits per heavy atom. The molecule has 0 radical (unpaired) electrons. The first-order valence-corrected chi connectivity index (χ1v) is 11.5. The Labute approximate surface area is 217 Å². The quantitative estimate of drug-likeness (QED) is 0.328. The molecule has 0 aliphatic carbocycles. The van der Waals surface area contributed by atoms with Gasteiger partial charge in [-0.25, -0.2) is 9.69 Å². The van der Waals surface area contributed by atoms with Crippen molar-refractivity contribution in [3.8, 4) is 11.5 Å². The third-order valence-electron chi connectivity index (χ3n) is 5.51. The van der Waals surface area contributed by atoms with Crippen molar-refractivity contribution in [3.05, 3.63) is 87.9 Å². The topological polar surface area (TPSA) is 125 Å². The maximum absolute atomic E-state index is 13.1. The zero-order valence-electron chi connectivity index (χ0n) is 19.9. The van der Waals surface area contributed by atoms with Crippen LogP contribution in [0.1, 0.15) is 16.7 Å². The summed E-state index contributed by atoms with van der Waals surface area (Å²) in [4.78, 5) is 51.4. The number of phenolic OH excluding ortho intramolecular Hbond substituents is 1. The average Bonchev–Trinajstić information content (AvgIpc) is 2.84. The summed E-state index contributed by atoms with van der Waals surface area (Å²) < 4.78 is 5.69. The molecule has 3 aromatic carbocycles. The van der Waals surface area contributed by atoms with Gasteiger partial charge in [-0.15, -0.1) is 0 Å². The van der Waals surface area contributed by atoms with E-state index in [9.17, 15) is 24.3 Å². The van der Waals surface area contributed by atoms with Crippen molar-refractivity contribution in [2.45, 2.75) is 13.8 Å². The maximum atomic E-state index is 13.1. The molecular formula is C27H22ClN3O6. The molecule has 5 amide bonds. The van der Waals surface area contributed by atoms with Gasteiger partial charge in [0.05, 0.1) is 5.69 Å². The van der Waals surface area contributed by atoms with Gasteiger partial charge in [-0.3, -0.25) is 19.7 Å². The lowest BCUT2D eigenvalue weighted by molar-refractivity contribution is -0.122. The van der Waals surface area contributed by atoms with E-state index < -0.39 is 23.8 Å². The molecule has 1 heterocycles. The molecule has 4 rings (SSSR count). The zero-order chi connectivity index (χ0) is 26.7. The Bertz CT molecular complexity index is 1450. The summed E-state index contributed by atoms with van der Waals surface area (Å²) in [5, 5.41) is 14.7. The minimum atomic E-state index is -0.927. The number of hydrogen-bond donors (Lipinski definition) is 3. The highest BCUT2D eigenvalue weighted by Crippen LogP contribution is 2.28. The fraction of sp³-hybridized carbons (Fsp3) is 0.111. The molecule has 3 aromatic rings. The number of carbonyl (C=O) groups is 4. The van der Waals surface area contributed by atoms with Gasteiger partial charge in [-0.05, 0) is 79.6 Å². The summed E-state index contributed by atoms with van der Waals surface area (Å²) in [6.07, 6.45) is 1.24. The number of nitrogens with one attached hydrogen (secondary N) is 2. The molecule has 0 bridgehead atoms. The fourth-order valence-electron chi connectivity index (χ4n) is 3.61. The molecule has 0 atom stereocenters. The Hall–Kier alpha value is -4.63. The zero-order valence-corrected chi connectivity index (χ0v) is 20.6. The molecule has 1 aliphatic rings. The number of aryl methyl sites for hydroxylation is 2. The minimum Gasteiger partial charge on any atom is -0.508 e. The first kappa shape index (κ1) is 25.5. The normalized spacial score (nSPS) is 14.5. The summed E-state index contributed by atoms with van der Waals surface area (Å²) in [6.45, 7) is 3.44. The van der Waals surface area contributed by atoms with Crippen LogP contribution >= 0.6 is 11.6 Å². The molecule has 3 N–H and O–H groups in total. The highest BCUT2D eigenvalue weighted by Gasteiger charge is 2.37. The lowest BCUT2D eigenvalue weighted by Crippen LogP contribution is -2.54. The van der Waals surface area contributed by atoms with Crippen LogP contribution in [0, 0.1) is 13.8 Å². The number of imide groups is 2. The molecule has 0 saturated carbocycles. The number of amides is 5. The van der Waals surface area contributed by atoms with Crippen LogP contribution in [0.4, 0.5) is 16.2 Å². The van der Waals surface area contributed by atoms with Crippen LogP contribution in [-0.4, -0.2) is 35.5 Å². The third-order valence-corrected chi connectivity index (χ3v) is 5.74. The van der Waals surface area contributed by atoms with Crippen molar-refractivity contribution in [2.75, 3.05) is 16.8 Å². The Kier molecular flexibility index (Phi) is 7.26. The number of ether oxygens (including phenoxy) is 1. The van der Waals surface area contributed by atoms with Crippen molar-refractivity contribution in [1.82, 2.24) is 5.32 Å². The number of barbiturate groups is 1. The first-order valence-electron chi connectivity index (χ1n) is 11.1. The monoisotopic (exact) mass is 519 g/mol. The smallest absolute Gasteiger partial charge is 0.335 e. The van der Waals surface area contributed by atoms with Crippen LogP contribution in [0.2, 0.25) is 5.02 Å². The highest BCUT2D eigenvalue weighted by molar-refractivity contribution is 6.39. The molecular weight excluding hydrogens is 498 g/mol. The number of hydrogen-bond acceptors (Lipinski definition) is 6. The molecule has 0 aromatic heterocycles. The summed E-state index contributed by atoms with van der Waals surface area (Å²) in [5.74, 6) is -2.04. The minimum absolute atomic E-state index is 0.0530. The molecule has 188 valence electrons. The van der Waals surface area contributed by atoms with Gasteiger partial charge >= 0.3 is 6.03 Å². The van der Waals surface area contributed by atoms with E-state index in [1.54, 1.807) is 0 Å². The standard InChI is InChI=1S/C27H22ClN3O6/c1-15-3-4-16(2)22(11-15)29-24(33)14-37-23-10-5-18(28)12-17(23)13-21-25(34)30-27(36)31(26(21)35)19-6-8-20(32)9-7-19/h3-13,32H,14H2,1-2H3,(H,29,33)(H,30,34,36)/b21-13-. The van der Waals surface area contributed by atoms with E-state index in [4.69, 9.17) is 16.3 Å². The number of halogens is 1. The highest BCUT2D eigenvalue weighted by atomic mass is 35.5. The molecule has 1 saturated heterocycles. The number of urea groups is 1. The molecule has 0 unspecified atom stereocenters. The van der Waals surface area contributed by atoms with E-state index in [2.05, 4.69) is 10.6 Å². The number of rotatable bonds is 6. The second-order valence-corrected chi connectivity index (χ2v) is 8.75. The second kappa shape index (κ2) is 10.5. The van der Waals surface area contributed by atoms with Crippen LogP contribution in [0.15, 0.2) is 66.2 Å². The number of phenols is 1. The van der Waals surface area contributed by atoms with Crippen LogP contribution < -0.4 is 20.3 Å². The Balaban J connectivity index is 1.58. The van der Waals surface area contributed by atoms with Crippen molar-refractivity contribution in [1.29, 1.82) is 0 Å². The largest absolute Gasteiger partial charge is 0.508 e. The van der Waals surface area contributed by atoms with E-state index >= 15 is 0 Å². The van der Waals surface area contributed by atoms with Gasteiger partial charge in [0.25, 0.3) is 17.7 Å². The summed E-state index contributed by atoms with van der Waals surface area (Å²) in [7, 11) is 0. The molecule has 0 spiro atoms. The van der Waals surface area contributed by atoms with E-state index in [-0.39, 0.29) is 34.9 Å². The van der Waals surface area contributed by atoms with Gasteiger partial charge in [0.2, 0.25) is 0 Å². The number of aromatic hydroxyl groups is 1. The van der Waals surface area contributed by atoms with E-state index in [1.807, 2.05) is 32.0 Å². The number of anilines is 2. The van der Waals surface area contributed by atoms with Crippen LogP contribution in [0.5, 0.6) is 11.5 Å². The predicted octanol–water partition coefficient (Wildman–Crippen LogP) is 4.35. The summed E-state index contributed by atoms with van der Waals surface area (Å²) >= 11 is 6.13. The van der Waals surface area contributed by atoms with Gasteiger partial charge < -0.3 is 15.2 Å². The summed E-state index contributed by atoms with van der Waals surface area (Å²) in [5.41, 5.74) is 2.61. The number of carbonyl (C=O) groups excluding carboxylic acids is 4. The predicted molar refractivity (Wildman–Crippen MR) is 139 cm³/mol. The maximum Gasteiger partial charge on any atom is 0.335 e. The van der Waals surface area contributed by atoms with Gasteiger partial charge in [0.1, 0.15) is 17.1 Å². The van der Waals surface area contributed by atoms with E-state index in [1.165, 1.54) is 48.5 Å². The molecule has 1 aliphatic heterocycles. The van der Waals surface area contributed by atoms with Crippen molar-refractivity contribution < 1.29 is 29.0 Å². The first-order chi connectivity index (χ1) is 17.6. The van der Waals surface area contributed by atoms with Crippen LogP contribution in [0.25, 0.3) is 6.08 Å². The van der Waals surface area contributed by atoms with E-state index in [0.29, 0.717) is 10.7 Å². The van der Waals surface area contributed by atoms with E-state index in [0.717, 1.165) is 16.0 Å². The average molecular weight is 520 g/mol. The Morgan fingerprint density at radius 1 is 1.05 bits per heavy atom. The molecule has 1 fully saturated rings. The Morgan fingerprint density at radius 3 is 2.51 bits per heavy atom. The van der Waals surface area contributed by atoms with Crippen molar-refractivity contribution in [3.63, 3.8) is 0 Å². The van der Waals surface area contributed by atoms with Crippen LogP contribution in [-0.2, 0) is 14.4 Å². The number of benzene rings is 3. The summed E-state index contributed by atoms with van der Waals surface area (Å²) in [6, 6.07) is 14.6. The lowest BCUT2D eigenvalue weighted by atomic mass is 10.1. The lowest BCUT2D eigenvalue weighted by Gasteiger charge is -2.26. The van der Waals surface area contributed by atoms with Crippen LogP contribution in [0.3, 0.4) is 0 Å². The molecule has 37 heavy (non-hydrogen) atoms. The number of nitrogens with zero attached hydrogens (tertiary/aromatic N) is 1.